The second-order valence-corrected chi connectivity index (χ2v) is 12.0. The molecule has 1 aromatic carbocycles. The number of aliphatic hydroxyl groups is 1. The SMILES string of the molecule is CC[C@H](C)[C@H](NC(=O)[C@H](C)NC(=O)[C@@H](NC(=O)[C@@H](N)[C@@H](C)O)C(C)C)C(=O)N[C@@H](Cc1ccc(O)cc1)C(=O)N[C@@H](CC(=O)O)C(=O)O. The van der Waals surface area contributed by atoms with Crippen LogP contribution >= 0.6 is 0 Å². The zero-order valence-electron chi connectivity index (χ0n) is 27.9. The number of nitrogens with two attached hydrogens (primary N) is 1. The van der Waals surface area contributed by atoms with Gasteiger partial charge < -0.3 is 52.7 Å². The van der Waals surface area contributed by atoms with Crippen LogP contribution in [0.15, 0.2) is 24.3 Å². The normalized spacial score (nSPS) is 16.1. The van der Waals surface area contributed by atoms with Gasteiger partial charge in [0.05, 0.1) is 12.5 Å². The van der Waals surface area contributed by atoms with E-state index in [-0.39, 0.29) is 12.2 Å². The van der Waals surface area contributed by atoms with E-state index < -0.39 is 102 Å². The number of rotatable bonds is 19. The van der Waals surface area contributed by atoms with Crippen LogP contribution < -0.4 is 32.3 Å². The van der Waals surface area contributed by atoms with Gasteiger partial charge in [-0.1, -0.05) is 46.2 Å². The maximum Gasteiger partial charge on any atom is 0.326 e. The topological polar surface area (TPSA) is 287 Å². The van der Waals surface area contributed by atoms with E-state index in [1.54, 1.807) is 27.7 Å². The molecule has 48 heavy (non-hydrogen) atoms. The Kier molecular flexibility index (Phi) is 16.5. The van der Waals surface area contributed by atoms with Gasteiger partial charge in [-0.15, -0.1) is 0 Å². The van der Waals surface area contributed by atoms with Crippen molar-refractivity contribution in [1.82, 2.24) is 26.6 Å². The number of hydrogen-bond donors (Lipinski definition) is 10. The second-order valence-electron chi connectivity index (χ2n) is 12.0. The fourth-order valence-corrected chi connectivity index (χ4v) is 4.34. The van der Waals surface area contributed by atoms with Crippen molar-refractivity contribution in [3.05, 3.63) is 29.8 Å². The number of carbonyl (C=O) groups is 7. The second kappa shape index (κ2) is 19.1. The van der Waals surface area contributed by atoms with Gasteiger partial charge >= 0.3 is 11.9 Å². The molecule has 0 spiro atoms. The lowest BCUT2D eigenvalue weighted by Crippen LogP contribution is -2.61. The van der Waals surface area contributed by atoms with Gasteiger partial charge in [0.25, 0.3) is 0 Å². The first-order chi connectivity index (χ1) is 22.3. The van der Waals surface area contributed by atoms with E-state index in [9.17, 15) is 48.9 Å². The van der Waals surface area contributed by atoms with Crippen LogP contribution in [0, 0.1) is 11.8 Å². The Labute approximate surface area is 278 Å². The van der Waals surface area contributed by atoms with Crippen LogP contribution in [0.1, 0.15) is 59.9 Å². The number of carboxylic acids is 2. The van der Waals surface area contributed by atoms with Crippen LogP contribution in [0.25, 0.3) is 0 Å². The van der Waals surface area contributed by atoms with Crippen LogP contribution in [-0.4, -0.2) is 104 Å². The van der Waals surface area contributed by atoms with Gasteiger partial charge in [-0.3, -0.25) is 28.8 Å². The minimum Gasteiger partial charge on any atom is -0.508 e. The van der Waals surface area contributed by atoms with Crippen molar-refractivity contribution in [2.45, 2.75) is 103 Å². The predicted molar refractivity (Wildman–Crippen MR) is 171 cm³/mol. The summed E-state index contributed by atoms with van der Waals surface area (Å²) in [5.74, 6) is -8.17. The zero-order chi connectivity index (χ0) is 36.9. The Morgan fingerprint density at radius 3 is 1.71 bits per heavy atom. The molecule has 0 saturated carbocycles. The summed E-state index contributed by atoms with van der Waals surface area (Å²) in [6, 6.07) is -2.46. The van der Waals surface area contributed by atoms with E-state index >= 15 is 0 Å². The monoisotopic (exact) mass is 680 g/mol. The first-order valence-electron chi connectivity index (χ1n) is 15.5. The lowest BCUT2D eigenvalue weighted by atomic mass is 9.96. The summed E-state index contributed by atoms with van der Waals surface area (Å²) in [4.78, 5) is 88.2. The number of carboxylic acid groups (broad SMARTS) is 2. The molecule has 8 atom stereocenters. The standard InChI is InChI=1S/C31H48N6O11/c1-7-15(4)25(37-26(42)16(5)33-29(45)24(14(2)3)36-28(44)23(32)17(6)38)30(46)34-20(12-18-8-10-19(39)11-9-18)27(43)35-21(31(47)48)13-22(40)41/h8-11,14-17,20-21,23-25,38-39H,7,12-13,32H2,1-6H3,(H,33,45)(H,34,46)(H,35,43)(H,36,44)(H,37,42)(H,40,41)(H,47,48)/t15-,16-,17+,20-,21-,23-,24-,25-/m0/s1. The van der Waals surface area contributed by atoms with Gasteiger partial charge in [-0.2, -0.15) is 0 Å². The number of benzene rings is 1. The summed E-state index contributed by atoms with van der Waals surface area (Å²) in [5.41, 5.74) is 6.12. The van der Waals surface area contributed by atoms with Gasteiger partial charge in [0.1, 0.15) is 42.0 Å². The van der Waals surface area contributed by atoms with Crippen LogP contribution in [0.4, 0.5) is 0 Å². The number of amides is 5. The molecule has 17 nitrogen and oxygen atoms in total. The van der Waals surface area contributed by atoms with Crippen molar-refractivity contribution in [3.63, 3.8) is 0 Å². The van der Waals surface area contributed by atoms with Crippen molar-refractivity contribution in [2.75, 3.05) is 0 Å². The van der Waals surface area contributed by atoms with E-state index in [1.165, 1.54) is 38.1 Å². The molecule has 5 amide bonds. The molecule has 0 fully saturated rings. The number of nitrogens with one attached hydrogen (secondary N) is 5. The number of carbonyl (C=O) groups excluding carboxylic acids is 5. The molecule has 0 aliphatic rings. The molecule has 1 rings (SSSR count). The van der Waals surface area contributed by atoms with Crippen LogP contribution in [0.3, 0.4) is 0 Å². The van der Waals surface area contributed by atoms with E-state index in [0.29, 0.717) is 12.0 Å². The van der Waals surface area contributed by atoms with Gasteiger partial charge in [0.2, 0.25) is 29.5 Å². The molecule has 0 saturated heterocycles. The molecule has 0 aromatic heterocycles. The summed E-state index contributed by atoms with van der Waals surface area (Å²) in [6.07, 6.45) is -1.90. The first-order valence-corrected chi connectivity index (χ1v) is 15.5. The average Bonchev–Trinajstić information content (AvgIpc) is 3.00. The highest BCUT2D eigenvalue weighted by Gasteiger charge is 2.34. The third kappa shape index (κ3) is 13.2. The molecule has 0 unspecified atom stereocenters. The van der Waals surface area contributed by atoms with Crippen molar-refractivity contribution < 1.29 is 54.0 Å². The molecule has 11 N–H and O–H groups in total. The van der Waals surface area contributed by atoms with Crippen LogP contribution in [0.5, 0.6) is 5.75 Å². The smallest absolute Gasteiger partial charge is 0.326 e. The summed E-state index contributed by atoms with van der Waals surface area (Å²) < 4.78 is 0. The summed E-state index contributed by atoms with van der Waals surface area (Å²) >= 11 is 0. The Morgan fingerprint density at radius 2 is 1.23 bits per heavy atom. The maximum absolute atomic E-state index is 13.6. The summed E-state index contributed by atoms with van der Waals surface area (Å²) in [6.45, 7) is 9.38. The van der Waals surface area contributed by atoms with Gasteiger partial charge in [0, 0.05) is 6.42 Å². The highest BCUT2D eigenvalue weighted by atomic mass is 16.4. The number of aromatic hydroxyl groups is 1. The molecule has 0 bridgehead atoms. The van der Waals surface area contributed by atoms with Gasteiger partial charge in [-0.25, -0.2) is 4.79 Å². The van der Waals surface area contributed by atoms with E-state index in [2.05, 4.69) is 26.6 Å². The highest BCUT2D eigenvalue weighted by Crippen LogP contribution is 2.14. The molecule has 0 aliphatic heterocycles. The van der Waals surface area contributed by atoms with Crippen LogP contribution in [0.2, 0.25) is 0 Å². The highest BCUT2D eigenvalue weighted by molar-refractivity contribution is 5.96. The predicted octanol–water partition coefficient (Wildman–Crippen LogP) is -1.65. The Bertz CT molecular complexity index is 1300. The summed E-state index contributed by atoms with van der Waals surface area (Å²) in [5, 5.41) is 49.9. The molecule has 268 valence electrons. The molecule has 0 heterocycles. The molecular formula is C31H48N6O11. The largest absolute Gasteiger partial charge is 0.508 e. The molecule has 17 heteroatoms. The van der Waals surface area contributed by atoms with Gasteiger partial charge in [-0.05, 0) is 43.4 Å². The summed E-state index contributed by atoms with van der Waals surface area (Å²) in [7, 11) is 0. The third-order valence-electron chi connectivity index (χ3n) is 7.62. The van der Waals surface area contributed by atoms with E-state index in [1.807, 2.05) is 0 Å². The lowest BCUT2D eigenvalue weighted by molar-refractivity contribution is -0.147. The maximum atomic E-state index is 13.6. The number of phenols is 1. The Morgan fingerprint density at radius 1 is 0.708 bits per heavy atom. The van der Waals surface area contributed by atoms with E-state index in [4.69, 9.17) is 10.8 Å². The van der Waals surface area contributed by atoms with Crippen molar-refractivity contribution in [1.29, 1.82) is 0 Å². The molecule has 0 aliphatic carbocycles. The molecule has 1 aromatic rings. The minimum absolute atomic E-state index is 0.0672. The van der Waals surface area contributed by atoms with Crippen molar-refractivity contribution in [3.8, 4) is 5.75 Å². The minimum atomic E-state index is -1.80. The number of aliphatic hydroxyl groups excluding tert-OH is 1. The fourth-order valence-electron chi connectivity index (χ4n) is 4.34. The average molecular weight is 681 g/mol. The third-order valence-corrected chi connectivity index (χ3v) is 7.62. The molecular weight excluding hydrogens is 632 g/mol. The Hall–Kier alpha value is -4.77. The van der Waals surface area contributed by atoms with E-state index in [0.717, 1.165) is 0 Å². The van der Waals surface area contributed by atoms with Crippen LogP contribution in [-0.2, 0) is 40.0 Å². The Balaban J connectivity index is 3.19. The fraction of sp³-hybridized carbons (Fsp3) is 0.581. The van der Waals surface area contributed by atoms with Gasteiger partial charge in [0.15, 0.2) is 0 Å². The first kappa shape index (κ1) is 41.3. The zero-order valence-corrected chi connectivity index (χ0v) is 27.9. The van der Waals surface area contributed by atoms with Crippen molar-refractivity contribution in [2.24, 2.45) is 17.6 Å². The van der Waals surface area contributed by atoms with Crippen molar-refractivity contribution >= 4 is 41.5 Å². The molecule has 0 radical (unpaired) electrons. The quantitative estimate of drug-likeness (QED) is 0.0786. The number of phenolic OH excluding ortho intramolecular Hbond substituents is 1. The number of hydrogen-bond acceptors (Lipinski definition) is 10. The number of aliphatic carboxylic acids is 2. The lowest BCUT2D eigenvalue weighted by Gasteiger charge is -2.29.